The van der Waals surface area contributed by atoms with Gasteiger partial charge in [-0.05, 0) is 22.0 Å². The van der Waals surface area contributed by atoms with Crippen molar-refractivity contribution in [2.45, 2.75) is 12.7 Å². The Morgan fingerprint density at radius 1 is 1.55 bits per heavy atom. The summed E-state index contributed by atoms with van der Waals surface area (Å²) in [6.07, 6.45) is 0.649. The molecule has 0 bridgehead atoms. The number of likely N-dealkylation sites (tertiary alicyclic amines) is 1. The van der Waals surface area contributed by atoms with Crippen molar-refractivity contribution in [1.29, 1.82) is 0 Å². The number of alkyl halides is 1. The van der Waals surface area contributed by atoms with E-state index in [2.05, 4.69) is 20.9 Å². The van der Waals surface area contributed by atoms with Crippen LogP contribution in [0.15, 0.2) is 21.5 Å². The molecule has 0 atom stereocenters. The number of carbonyl (C=O) groups excluding carboxylic acids is 1. The van der Waals surface area contributed by atoms with Crippen LogP contribution in [0.5, 0.6) is 0 Å². The lowest BCUT2D eigenvalue weighted by atomic mass is 10.2. The second kappa shape index (κ2) is 4.69. The standard InChI is InChI=1S/C12H12BrFN4O2/c1-16-11-9(2-7(13)3-15-11)18(12(16)20)6-10(19)17-4-8(14)5-17/h2-3,8H,4-6H2,1H3. The fourth-order valence-corrected chi connectivity index (χ4v) is 2.59. The van der Waals surface area contributed by atoms with Crippen molar-refractivity contribution in [3.05, 3.63) is 27.2 Å². The van der Waals surface area contributed by atoms with Crippen molar-refractivity contribution in [2.24, 2.45) is 7.05 Å². The van der Waals surface area contributed by atoms with Gasteiger partial charge in [0.15, 0.2) is 5.65 Å². The molecule has 2 aromatic heterocycles. The number of aryl methyl sites for hydroxylation is 1. The summed E-state index contributed by atoms with van der Waals surface area (Å²) < 4.78 is 16.3. The van der Waals surface area contributed by atoms with Crippen LogP contribution in [0.2, 0.25) is 0 Å². The number of rotatable bonds is 2. The summed E-state index contributed by atoms with van der Waals surface area (Å²) in [6, 6.07) is 1.74. The first-order valence-corrected chi connectivity index (χ1v) is 6.89. The third-order valence-corrected chi connectivity index (χ3v) is 3.86. The fourth-order valence-electron chi connectivity index (χ4n) is 2.27. The summed E-state index contributed by atoms with van der Waals surface area (Å²) in [4.78, 5) is 29.7. The molecule has 0 spiro atoms. The number of aromatic nitrogens is 3. The lowest BCUT2D eigenvalue weighted by Crippen LogP contribution is -2.52. The third-order valence-electron chi connectivity index (χ3n) is 3.42. The van der Waals surface area contributed by atoms with Gasteiger partial charge in [0.2, 0.25) is 5.91 Å². The molecular formula is C12H12BrFN4O2. The molecule has 0 N–H and O–H groups in total. The number of hydrogen-bond donors (Lipinski definition) is 0. The summed E-state index contributed by atoms with van der Waals surface area (Å²) in [6.45, 7) is 0.127. The SMILES string of the molecule is Cn1c(=O)n(CC(=O)N2CC(F)C2)c2cc(Br)cnc21. The molecule has 20 heavy (non-hydrogen) atoms. The third kappa shape index (κ3) is 2.04. The second-order valence-corrected chi connectivity index (χ2v) is 5.74. The lowest BCUT2D eigenvalue weighted by Gasteiger charge is -2.34. The Labute approximate surface area is 121 Å². The number of fused-ring (bicyclic) bond motifs is 1. The lowest BCUT2D eigenvalue weighted by molar-refractivity contribution is -0.138. The first-order valence-electron chi connectivity index (χ1n) is 6.10. The van der Waals surface area contributed by atoms with Gasteiger partial charge in [-0.3, -0.25) is 13.9 Å². The van der Waals surface area contributed by atoms with Crippen LogP contribution >= 0.6 is 15.9 Å². The summed E-state index contributed by atoms with van der Waals surface area (Å²) in [7, 11) is 1.60. The Morgan fingerprint density at radius 3 is 2.90 bits per heavy atom. The van der Waals surface area contributed by atoms with Crippen LogP contribution in [0, 0.1) is 0 Å². The topological polar surface area (TPSA) is 60.1 Å². The molecular weight excluding hydrogens is 331 g/mol. The van der Waals surface area contributed by atoms with Crippen molar-refractivity contribution >= 4 is 33.0 Å². The monoisotopic (exact) mass is 342 g/mol. The van der Waals surface area contributed by atoms with Gasteiger partial charge in [-0.1, -0.05) is 0 Å². The average molecular weight is 343 g/mol. The second-order valence-electron chi connectivity index (χ2n) is 4.82. The van der Waals surface area contributed by atoms with E-state index in [0.29, 0.717) is 11.2 Å². The van der Waals surface area contributed by atoms with Gasteiger partial charge in [-0.2, -0.15) is 0 Å². The minimum absolute atomic E-state index is 0.0962. The first kappa shape index (κ1) is 13.3. The van der Waals surface area contributed by atoms with Crippen LogP contribution in [-0.4, -0.2) is 44.2 Å². The molecule has 3 rings (SSSR count). The smallest absolute Gasteiger partial charge is 0.330 e. The van der Waals surface area contributed by atoms with Gasteiger partial charge in [0.1, 0.15) is 12.7 Å². The van der Waals surface area contributed by atoms with Crippen molar-refractivity contribution in [3.8, 4) is 0 Å². The zero-order valence-electron chi connectivity index (χ0n) is 10.7. The molecule has 0 aromatic carbocycles. The highest BCUT2D eigenvalue weighted by molar-refractivity contribution is 9.10. The summed E-state index contributed by atoms with van der Waals surface area (Å²) in [5.74, 6) is -0.256. The van der Waals surface area contributed by atoms with E-state index in [-0.39, 0.29) is 31.2 Å². The van der Waals surface area contributed by atoms with Gasteiger partial charge in [-0.15, -0.1) is 0 Å². The van der Waals surface area contributed by atoms with E-state index >= 15 is 0 Å². The maximum atomic E-state index is 12.8. The molecule has 1 aliphatic heterocycles. The molecule has 1 saturated heterocycles. The molecule has 0 saturated carbocycles. The molecule has 1 aliphatic rings. The van der Waals surface area contributed by atoms with Crippen LogP contribution in [0.1, 0.15) is 0 Å². The molecule has 0 aliphatic carbocycles. The van der Waals surface area contributed by atoms with Crippen LogP contribution in [-0.2, 0) is 18.4 Å². The Balaban J connectivity index is 1.98. The summed E-state index contributed by atoms with van der Waals surface area (Å²) in [5.41, 5.74) is 0.784. The molecule has 3 heterocycles. The maximum absolute atomic E-state index is 12.8. The summed E-state index contributed by atoms with van der Waals surface area (Å²) in [5, 5.41) is 0. The number of halogens is 2. The Hall–Kier alpha value is -1.70. The largest absolute Gasteiger partial charge is 0.335 e. The summed E-state index contributed by atoms with van der Waals surface area (Å²) >= 11 is 3.30. The van der Waals surface area contributed by atoms with Gasteiger partial charge in [0, 0.05) is 17.7 Å². The van der Waals surface area contributed by atoms with Crippen molar-refractivity contribution < 1.29 is 9.18 Å². The number of carbonyl (C=O) groups is 1. The molecule has 1 amide bonds. The number of nitrogens with zero attached hydrogens (tertiary/aromatic N) is 4. The van der Waals surface area contributed by atoms with E-state index in [0.717, 1.165) is 4.47 Å². The fraction of sp³-hybridized carbons (Fsp3) is 0.417. The van der Waals surface area contributed by atoms with Gasteiger partial charge >= 0.3 is 5.69 Å². The van der Waals surface area contributed by atoms with Gasteiger partial charge in [0.25, 0.3) is 0 Å². The predicted octanol–water partition coefficient (Wildman–Crippen LogP) is 0.678. The van der Waals surface area contributed by atoms with E-state index in [9.17, 15) is 14.0 Å². The Bertz CT molecular complexity index is 748. The zero-order valence-corrected chi connectivity index (χ0v) is 12.3. The van der Waals surface area contributed by atoms with E-state index in [4.69, 9.17) is 0 Å². The normalized spacial score (nSPS) is 15.7. The van der Waals surface area contributed by atoms with E-state index < -0.39 is 6.17 Å². The highest BCUT2D eigenvalue weighted by Crippen LogP contribution is 2.17. The van der Waals surface area contributed by atoms with Crippen molar-refractivity contribution in [3.63, 3.8) is 0 Å². The van der Waals surface area contributed by atoms with E-state index in [1.165, 1.54) is 14.0 Å². The molecule has 0 unspecified atom stereocenters. The highest BCUT2D eigenvalue weighted by Gasteiger charge is 2.30. The molecule has 106 valence electrons. The van der Waals surface area contributed by atoms with Crippen LogP contribution in [0.4, 0.5) is 4.39 Å². The highest BCUT2D eigenvalue weighted by atomic mass is 79.9. The zero-order chi connectivity index (χ0) is 14.4. The number of pyridine rings is 1. The van der Waals surface area contributed by atoms with Gasteiger partial charge in [-0.25, -0.2) is 14.2 Å². The number of amides is 1. The number of imidazole rings is 1. The van der Waals surface area contributed by atoms with Crippen LogP contribution < -0.4 is 5.69 Å². The minimum atomic E-state index is -0.945. The first-order chi connectivity index (χ1) is 9.47. The Morgan fingerprint density at radius 2 is 2.25 bits per heavy atom. The minimum Gasteiger partial charge on any atom is -0.335 e. The average Bonchev–Trinajstić information content (AvgIpc) is 2.60. The van der Waals surface area contributed by atoms with Gasteiger partial charge < -0.3 is 4.90 Å². The van der Waals surface area contributed by atoms with E-state index in [1.54, 1.807) is 19.3 Å². The number of hydrogen-bond acceptors (Lipinski definition) is 3. The molecule has 2 aromatic rings. The van der Waals surface area contributed by atoms with Crippen LogP contribution in [0.3, 0.4) is 0 Å². The van der Waals surface area contributed by atoms with Gasteiger partial charge in [0.05, 0.1) is 18.6 Å². The van der Waals surface area contributed by atoms with E-state index in [1.807, 2.05) is 0 Å². The Kier molecular flexibility index (Phi) is 3.12. The quantitative estimate of drug-likeness (QED) is 0.806. The predicted molar refractivity (Wildman–Crippen MR) is 74.2 cm³/mol. The maximum Gasteiger partial charge on any atom is 0.330 e. The molecule has 6 nitrogen and oxygen atoms in total. The van der Waals surface area contributed by atoms with Crippen molar-refractivity contribution in [2.75, 3.05) is 13.1 Å². The molecule has 1 fully saturated rings. The molecule has 8 heteroatoms. The molecule has 0 radical (unpaired) electrons. The van der Waals surface area contributed by atoms with Crippen molar-refractivity contribution in [1.82, 2.24) is 19.0 Å². The van der Waals surface area contributed by atoms with Crippen LogP contribution in [0.25, 0.3) is 11.2 Å².